The average molecular weight is 276 g/mol. The highest BCUT2D eigenvalue weighted by molar-refractivity contribution is 7.90. The summed E-state index contributed by atoms with van der Waals surface area (Å²) in [5, 5.41) is 3.71. The standard InChI is InChI=1S/C13H12N2O3S/c1-18-12-9-7-11(8-10-12)14-15-19(16,17)13-5-3-2-4-6-13/h2-10H,1H3. The van der Waals surface area contributed by atoms with Gasteiger partial charge in [-0.25, -0.2) is 0 Å². The molecule has 0 spiro atoms. The molecule has 0 aliphatic heterocycles. The minimum Gasteiger partial charge on any atom is -0.497 e. The molecule has 0 atom stereocenters. The van der Waals surface area contributed by atoms with Crippen LogP contribution in [0.3, 0.4) is 0 Å². The zero-order chi connectivity index (χ0) is 13.7. The van der Waals surface area contributed by atoms with E-state index < -0.39 is 10.0 Å². The number of sulfonamides is 1. The van der Waals surface area contributed by atoms with Gasteiger partial charge in [0.2, 0.25) is 0 Å². The second kappa shape index (κ2) is 5.62. The maximum atomic E-state index is 11.8. The fourth-order valence-electron chi connectivity index (χ4n) is 1.39. The molecule has 0 aliphatic carbocycles. The summed E-state index contributed by atoms with van der Waals surface area (Å²) in [5.74, 6) is 0.671. The van der Waals surface area contributed by atoms with Crippen LogP contribution >= 0.6 is 0 Å². The monoisotopic (exact) mass is 276 g/mol. The summed E-state index contributed by atoms with van der Waals surface area (Å²) < 4.78 is 32.1. The fourth-order valence-corrected chi connectivity index (χ4v) is 2.19. The van der Waals surface area contributed by atoms with Crippen molar-refractivity contribution in [1.29, 1.82) is 0 Å². The van der Waals surface area contributed by atoms with E-state index in [2.05, 4.69) is 9.63 Å². The van der Waals surface area contributed by atoms with Crippen molar-refractivity contribution in [1.82, 2.24) is 0 Å². The summed E-state index contributed by atoms with van der Waals surface area (Å²) in [5.41, 5.74) is 0.445. The molecular formula is C13H12N2O3S. The van der Waals surface area contributed by atoms with Crippen molar-refractivity contribution in [2.75, 3.05) is 7.11 Å². The topological polar surface area (TPSA) is 68.1 Å². The number of hydrogen-bond acceptors (Lipinski definition) is 4. The summed E-state index contributed by atoms with van der Waals surface area (Å²) in [6.45, 7) is 0. The van der Waals surface area contributed by atoms with E-state index >= 15 is 0 Å². The Hall–Kier alpha value is -2.21. The van der Waals surface area contributed by atoms with E-state index in [4.69, 9.17) is 4.74 Å². The Morgan fingerprint density at radius 2 is 1.58 bits per heavy atom. The van der Waals surface area contributed by atoms with E-state index in [1.54, 1.807) is 49.6 Å². The van der Waals surface area contributed by atoms with E-state index in [9.17, 15) is 8.42 Å². The van der Waals surface area contributed by atoms with Gasteiger partial charge in [0.05, 0.1) is 17.7 Å². The van der Waals surface area contributed by atoms with Crippen LogP contribution in [0.5, 0.6) is 5.75 Å². The molecule has 0 N–H and O–H groups in total. The number of hydrogen-bond donors (Lipinski definition) is 0. The van der Waals surface area contributed by atoms with Crippen LogP contribution in [0.25, 0.3) is 0 Å². The summed E-state index contributed by atoms with van der Waals surface area (Å²) >= 11 is 0. The van der Waals surface area contributed by atoms with E-state index in [0.717, 1.165) is 0 Å². The summed E-state index contributed by atoms with van der Waals surface area (Å²) in [6.07, 6.45) is 0. The van der Waals surface area contributed by atoms with E-state index in [0.29, 0.717) is 11.4 Å². The molecule has 5 nitrogen and oxygen atoms in total. The number of rotatable bonds is 4. The zero-order valence-corrected chi connectivity index (χ0v) is 11.0. The Morgan fingerprint density at radius 1 is 0.947 bits per heavy atom. The Kier molecular flexibility index (Phi) is 3.91. The van der Waals surface area contributed by atoms with Gasteiger partial charge >= 0.3 is 0 Å². The lowest BCUT2D eigenvalue weighted by Crippen LogP contribution is -1.94. The highest BCUT2D eigenvalue weighted by atomic mass is 32.2. The molecular weight excluding hydrogens is 264 g/mol. The highest BCUT2D eigenvalue weighted by Crippen LogP contribution is 2.20. The maximum absolute atomic E-state index is 11.8. The van der Waals surface area contributed by atoms with Crippen molar-refractivity contribution in [3.8, 4) is 5.75 Å². The van der Waals surface area contributed by atoms with E-state index in [1.165, 1.54) is 12.1 Å². The van der Waals surface area contributed by atoms with E-state index in [1.807, 2.05) is 0 Å². The van der Waals surface area contributed by atoms with Crippen molar-refractivity contribution in [2.24, 2.45) is 9.63 Å². The molecule has 0 amide bonds. The van der Waals surface area contributed by atoms with Crippen molar-refractivity contribution in [2.45, 2.75) is 4.90 Å². The third-order valence-electron chi connectivity index (χ3n) is 2.38. The lowest BCUT2D eigenvalue weighted by atomic mass is 10.3. The van der Waals surface area contributed by atoms with Crippen LogP contribution in [0.15, 0.2) is 69.1 Å². The summed E-state index contributed by atoms with van der Waals surface area (Å²) in [7, 11) is -2.20. The van der Waals surface area contributed by atoms with Gasteiger partial charge in [-0.05, 0) is 36.4 Å². The molecule has 0 fully saturated rings. The quantitative estimate of drug-likeness (QED) is 0.805. The first-order valence-corrected chi connectivity index (χ1v) is 6.93. The fraction of sp³-hybridized carbons (Fsp3) is 0.0769. The lowest BCUT2D eigenvalue weighted by Gasteiger charge is -1.99. The van der Waals surface area contributed by atoms with Gasteiger partial charge in [0, 0.05) is 0 Å². The van der Waals surface area contributed by atoms with Crippen molar-refractivity contribution >= 4 is 15.7 Å². The minimum absolute atomic E-state index is 0.118. The number of benzene rings is 2. The zero-order valence-electron chi connectivity index (χ0n) is 10.2. The van der Waals surface area contributed by atoms with Crippen LogP contribution < -0.4 is 4.74 Å². The Balaban J connectivity index is 2.22. The highest BCUT2D eigenvalue weighted by Gasteiger charge is 2.11. The van der Waals surface area contributed by atoms with E-state index in [-0.39, 0.29) is 4.90 Å². The molecule has 2 rings (SSSR count). The third-order valence-corrected chi connectivity index (χ3v) is 3.54. The number of methoxy groups -OCH3 is 1. The van der Waals surface area contributed by atoms with Crippen LogP contribution in [-0.2, 0) is 10.0 Å². The van der Waals surface area contributed by atoms with Crippen LogP contribution in [-0.4, -0.2) is 15.5 Å². The van der Waals surface area contributed by atoms with Crippen LogP contribution in [0.4, 0.5) is 5.69 Å². The second-order valence-electron chi connectivity index (χ2n) is 3.67. The summed E-state index contributed by atoms with van der Waals surface area (Å²) in [4.78, 5) is 0.118. The van der Waals surface area contributed by atoms with Gasteiger partial charge in [-0.1, -0.05) is 22.7 Å². The largest absolute Gasteiger partial charge is 0.497 e. The smallest absolute Gasteiger partial charge is 0.299 e. The first kappa shape index (κ1) is 13.2. The molecule has 0 bridgehead atoms. The Bertz CT molecular complexity index is 665. The molecule has 0 heterocycles. The average Bonchev–Trinajstić information content (AvgIpc) is 2.47. The van der Waals surface area contributed by atoms with Gasteiger partial charge in [0.15, 0.2) is 0 Å². The predicted octanol–water partition coefficient (Wildman–Crippen LogP) is 3.17. The van der Waals surface area contributed by atoms with Crippen molar-refractivity contribution < 1.29 is 13.2 Å². The summed E-state index contributed by atoms with van der Waals surface area (Å²) in [6, 6.07) is 14.6. The molecule has 19 heavy (non-hydrogen) atoms. The molecule has 2 aromatic carbocycles. The molecule has 0 saturated heterocycles. The van der Waals surface area contributed by atoms with Gasteiger partial charge < -0.3 is 4.74 Å². The Labute approximate surface area is 111 Å². The van der Waals surface area contributed by atoms with Gasteiger partial charge in [-0.3, -0.25) is 0 Å². The lowest BCUT2D eigenvalue weighted by molar-refractivity contribution is 0.415. The van der Waals surface area contributed by atoms with Crippen molar-refractivity contribution in [3.63, 3.8) is 0 Å². The number of ether oxygens (including phenoxy) is 1. The SMILES string of the molecule is COc1ccc(N=NS(=O)(=O)c2ccccc2)cc1. The number of nitrogens with zero attached hydrogens (tertiary/aromatic N) is 2. The van der Waals surface area contributed by atoms with Gasteiger partial charge in [-0.2, -0.15) is 8.42 Å². The minimum atomic E-state index is -3.75. The molecule has 98 valence electrons. The van der Waals surface area contributed by atoms with Gasteiger partial charge in [-0.15, -0.1) is 5.11 Å². The molecule has 6 heteroatoms. The maximum Gasteiger partial charge on any atom is 0.299 e. The first-order valence-electron chi connectivity index (χ1n) is 5.49. The van der Waals surface area contributed by atoms with Gasteiger partial charge in [0.25, 0.3) is 10.0 Å². The van der Waals surface area contributed by atoms with Crippen LogP contribution in [0.1, 0.15) is 0 Å². The van der Waals surface area contributed by atoms with Gasteiger partial charge in [0.1, 0.15) is 5.75 Å². The third kappa shape index (κ3) is 3.38. The van der Waals surface area contributed by atoms with Crippen LogP contribution in [0, 0.1) is 0 Å². The first-order chi connectivity index (χ1) is 9.12. The molecule has 0 radical (unpaired) electrons. The molecule has 2 aromatic rings. The normalized spacial score (nSPS) is 11.6. The van der Waals surface area contributed by atoms with Crippen molar-refractivity contribution in [3.05, 3.63) is 54.6 Å². The second-order valence-corrected chi connectivity index (χ2v) is 5.25. The molecule has 0 aliphatic rings. The predicted molar refractivity (Wildman–Crippen MR) is 71.1 cm³/mol. The van der Waals surface area contributed by atoms with Crippen LogP contribution in [0.2, 0.25) is 0 Å². The molecule has 0 saturated carbocycles. The Morgan fingerprint density at radius 3 is 2.16 bits per heavy atom. The molecule has 0 unspecified atom stereocenters. The molecule has 0 aromatic heterocycles.